The number of rotatable bonds is 6. The number of amides is 1. The van der Waals surface area contributed by atoms with Crippen LogP contribution < -0.4 is 10.2 Å². The second kappa shape index (κ2) is 8.68. The monoisotopic (exact) mass is 345 g/mol. The highest BCUT2D eigenvalue weighted by Crippen LogP contribution is 2.33. The number of benzene rings is 1. The molecule has 138 valence electrons. The van der Waals surface area contributed by atoms with Crippen molar-refractivity contribution in [2.24, 2.45) is 0 Å². The van der Waals surface area contributed by atoms with Crippen molar-refractivity contribution in [1.29, 1.82) is 0 Å². The molecule has 3 rings (SSSR count). The molecule has 0 unspecified atom stereocenters. The summed E-state index contributed by atoms with van der Waals surface area (Å²) in [5.41, 5.74) is 1.20. The summed E-state index contributed by atoms with van der Waals surface area (Å²) in [6, 6.07) is 10.1. The fraction of sp³-hybridized carbons (Fsp3) is 0.650. The van der Waals surface area contributed by atoms with E-state index >= 15 is 0 Å². The smallest absolute Gasteiger partial charge is 0.239 e. The minimum atomic E-state index is 0.101. The van der Waals surface area contributed by atoms with Gasteiger partial charge in [-0.15, -0.1) is 0 Å². The van der Waals surface area contributed by atoms with Crippen molar-refractivity contribution in [3.8, 4) is 0 Å². The Kier molecular flexibility index (Phi) is 6.32. The molecule has 1 saturated carbocycles. The predicted octanol–water partition coefficient (Wildman–Crippen LogP) is 2.27. The lowest BCUT2D eigenvalue weighted by Gasteiger charge is -2.48. The molecule has 1 amide bonds. The second-order valence-electron chi connectivity index (χ2n) is 7.35. The molecule has 5 heteroatoms. The van der Waals surface area contributed by atoms with Crippen molar-refractivity contribution in [2.45, 2.75) is 37.6 Å². The van der Waals surface area contributed by atoms with Crippen LogP contribution in [-0.2, 0) is 9.53 Å². The summed E-state index contributed by atoms with van der Waals surface area (Å²) >= 11 is 0. The zero-order valence-electron chi connectivity index (χ0n) is 15.4. The van der Waals surface area contributed by atoms with Crippen molar-refractivity contribution in [2.75, 3.05) is 51.3 Å². The molecular weight excluding hydrogens is 314 g/mol. The van der Waals surface area contributed by atoms with Crippen LogP contribution in [0.5, 0.6) is 0 Å². The van der Waals surface area contributed by atoms with Crippen LogP contribution in [0.3, 0.4) is 0 Å². The molecule has 5 nitrogen and oxygen atoms in total. The summed E-state index contributed by atoms with van der Waals surface area (Å²) in [6.07, 6.45) is 6.20. The van der Waals surface area contributed by atoms with E-state index in [9.17, 15) is 4.79 Å². The van der Waals surface area contributed by atoms with Gasteiger partial charge in [0, 0.05) is 37.9 Å². The standard InChI is InChI=1S/C20H31N3O2/c1-22(18-8-4-2-5-9-18)16-19(24)21-17-20(10-6-3-7-11-20)23-12-14-25-15-13-23/h2,4-5,8-9H,3,6-7,10-17H2,1H3,(H,21,24). The van der Waals surface area contributed by atoms with Crippen LogP contribution in [0.2, 0.25) is 0 Å². The van der Waals surface area contributed by atoms with E-state index in [0.717, 1.165) is 38.5 Å². The summed E-state index contributed by atoms with van der Waals surface area (Å²) in [4.78, 5) is 17.1. The summed E-state index contributed by atoms with van der Waals surface area (Å²) < 4.78 is 5.53. The van der Waals surface area contributed by atoms with Gasteiger partial charge in [0.15, 0.2) is 0 Å². The quantitative estimate of drug-likeness (QED) is 0.859. The first-order valence-corrected chi connectivity index (χ1v) is 9.55. The molecule has 2 fully saturated rings. The maximum Gasteiger partial charge on any atom is 0.239 e. The van der Waals surface area contributed by atoms with Gasteiger partial charge in [0.25, 0.3) is 0 Å². The fourth-order valence-corrected chi connectivity index (χ4v) is 4.16. The van der Waals surface area contributed by atoms with Crippen molar-refractivity contribution >= 4 is 11.6 Å². The number of likely N-dealkylation sites (N-methyl/N-ethyl adjacent to an activating group) is 1. The highest BCUT2D eigenvalue weighted by atomic mass is 16.5. The minimum absolute atomic E-state index is 0.101. The van der Waals surface area contributed by atoms with E-state index in [1.165, 1.54) is 32.1 Å². The first kappa shape index (κ1) is 18.2. The zero-order chi connectivity index (χ0) is 17.5. The normalized spacial score (nSPS) is 20.8. The van der Waals surface area contributed by atoms with E-state index in [1.807, 2.05) is 42.3 Å². The van der Waals surface area contributed by atoms with Crippen molar-refractivity contribution in [3.63, 3.8) is 0 Å². The molecule has 25 heavy (non-hydrogen) atoms. The lowest BCUT2D eigenvalue weighted by Crippen LogP contribution is -2.60. The lowest BCUT2D eigenvalue weighted by atomic mass is 9.79. The summed E-state index contributed by atoms with van der Waals surface area (Å²) in [5.74, 6) is 0.101. The average Bonchev–Trinajstić information content (AvgIpc) is 2.68. The fourth-order valence-electron chi connectivity index (χ4n) is 4.16. The molecule has 1 N–H and O–H groups in total. The van der Waals surface area contributed by atoms with Gasteiger partial charge in [-0.05, 0) is 25.0 Å². The molecule has 0 bridgehead atoms. The molecular formula is C20H31N3O2. The Labute approximate surface area is 151 Å². The number of para-hydroxylation sites is 1. The number of hydrogen-bond donors (Lipinski definition) is 1. The number of ether oxygens (including phenoxy) is 1. The maximum absolute atomic E-state index is 12.5. The summed E-state index contributed by atoms with van der Waals surface area (Å²) in [6.45, 7) is 4.75. The van der Waals surface area contributed by atoms with Gasteiger partial charge in [-0.25, -0.2) is 0 Å². The Morgan fingerprint density at radius 3 is 2.52 bits per heavy atom. The predicted molar refractivity (Wildman–Crippen MR) is 101 cm³/mol. The van der Waals surface area contributed by atoms with Crippen LogP contribution in [0.15, 0.2) is 30.3 Å². The molecule has 1 aromatic rings. The first-order chi connectivity index (χ1) is 12.2. The molecule has 1 heterocycles. The van der Waals surface area contributed by atoms with E-state index in [4.69, 9.17) is 4.74 Å². The Hall–Kier alpha value is -1.59. The number of morpholine rings is 1. The molecule has 0 aromatic heterocycles. The molecule has 1 aliphatic carbocycles. The van der Waals surface area contributed by atoms with Gasteiger partial charge >= 0.3 is 0 Å². The van der Waals surface area contributed by atoms with Gasteiger partial charge in [0.2, 0.25) is 5.91 Å². The Morgan fingerprint density at radius 1 is 1.16 bits per heavy atom. The van der Waals surface area contributed by atoms with Crippen LogP contribution >= 0.6 is 0 Å². The third-order valence-corrected chi connectivity index (χ3v) is 5.66. The van der Waals surface area contributed by atoms with E-state index in [-0.39, 0.29) is 11.4 Å². The number of hydrogen-bond acceptors (Lipinski definition) is 4. The third-order valence-electron chi connectivity index (χ3n) is 5.66. The van der Waals surface area contributed by atoms with E-state index in [2.05, 4.69) is 10.2 Å². The van der Waals surface area contributed by atoms with Gasteiger partial charge in [0.1, 0.15) is 0 Å². The summed E-state index contributed by atoms with van der Waals surface area (Å²) in [5, 5.41) is 3.23. The largest absolute Gasteiger partial charge is 0.379 e. The molecule has 1 aliphatic heterocycles. The topological polar surface area (TPSA) is 44.8 Å². The SMILES string of the molecule is CN(CC(=O)NCC1(N2CCOCC2)CCCCC1)c1ccccc1. The van der Waals surface area contributed by atoms with Crippen LogP contribution in [0, 0.1) is 0 Å². The molecule has 0 radical (unpaired) electrons. The molecule has 0 atom stereocenters. The van der Waals surface area contributed by atoms with Gasteiger partial charge in [-0.2, -0.15) is 0 Å². The van der Waals surface area contributed by atoms with Gasteiger partial charge < -0.3 is 15.0 Å². The highest BCUT2D eigenvalue weighted by molar-refractivity contribution is 5.81. The number of carbonyl (C=O) groups is 1. The Balaban J connectivity index is 1.56. The van der Waals surface area contributed by atoms with Crippen LogP contribution in [0.1, 0.15) is 32.1 Å². The molecule has 0 spiro atoms. The van der Waals surface area contributed by atoms with Crippen molar-refractivity contribution < 1.29 is 9.53 Å². The average molecular weight is 345 g/mol. The van der Waals surface area contributed by atoms with Crippen LogP contribution in [-0.4, -0.2) is 62.8 Å². The number of carbonyl (C=O) groups excluding carboxylic acids is 1. The second-order valence-corrected chi connectivity index (χ2v) is 7.35. The van der Waals surface area contributed by atoms with Gasteiger partial charge in [-0.1, -0.05) is 37.5 Å². The molecule has 1 aromatic carbocycles. The van der Waals surface area contributed by atoms with Crippen molar-refractivity contribution in [1.82, 2.24) is 10.2 Å². The molecule has 2 aliphatic rings. The van der Waals surface area contributed by atoms with Crippen molar-refractivity contribution in [3.05, 3.63) is 30.3 Å². The summed E-state index contributed by atoms with van der Waals surface area (Å²) in [7, 11) is 1.97. The first-order valence-electron chi connectivity index (χ1n) is 9.55. The number of nitrogens with zero attached hydrogens (tertiary/aromatic N) is 2. The van der Waals surface area contributed by atoms with E-state index < -0.39 is 0 Å². The maximum atomic E-state index is 12.5. The van der Waals surface area contributed by atoms with Gasteiger partial charge in [0.05, 0.1) is 19.8 Å². The van der Waals surface area contributed by atoms with Gasteiger partial charge in [-0.3, -0.25) is 9.69 Å². The van der Waals surface area contributed by atoms with E-state index in [1.54, 1.807) is 0 Å². The number of nitrogens with one attached hydrogen (secondary N) is 1. The molecule has 1 saturated heterocycles. The zero-order valence-corrected chi connectivity index (χ0v) is 15.4. The lowest BCUT2D eigenvalue weighted by molar-refractivity contribution is -0.121. The highest BCUT2D eigenvalue weighted by Gasteiger charge is 2.38. The van der Waals surface area contributed by atoms with E-state index in [0.29, 0.717) is 6.54 Å². The number of anilines is 1. The van der Waals surface area contributed by atoms with Crippen LogP contribution in [0.25, 0.3) is 0 Å². The Morgan fingerprint density at radius 2 is 1.84 bits per heavy atom. The minimum Gasteiger partial charge on any atom is -0.379 e. The third kappa shape index (κ3) is 4.73. The Bertz CT molecular complexity index is 537. The van der Waals surface area contributed by atoms with Crippen LogP contribution in [0.4, 0.5) is 5.69 Å².